The largest absolute Gasteiger partial charge is 0.393 e. The maximum atomic E-state index is 9.69. The smallest absolute Gasteiger partial charge is 0.0972 e. The number of aliphatic hydroxyl groups is 2. The summed E-state index contributed by atoms with van der Waals surface area (Å²) < 4.78 is 5.68. The molecule has 0 aromatic heterocycles. The third-order valence-electron chi connectivity index (χ3n) is 3.17. The standard InChI is InChI=1S/C12H25NO3/c1-9(2)11-6-10(4-5-16-11)13-7-12(3,15)8-14/h9-11,13-15H,4-8H2,1-3H3. The number of ether oxygens (including phenoxy) is 1. The topological polar surface area (TPSA) is 61.7 Å². The predicted octanol–water partition coefficient (Wildman–Crippen LogP) is 0.523. The van der Waals surface area contributed by atoms with E-state index < -0.39 is 5.60 Å². The van der Waals surface area contributed by atoms with E-state index in [2.05, 4.69) is 19.2 Å². The molecule has 16 heavy (non-hydrogen) atoms. The van der Waals surface area contributed by atoms with Gasteiger partial charge >= 0.3 is 0 Å². The fourth-order valence-corrected chi connectivity index (χ4v) is 1.90. The first-order valence-electron chi connectivity index (χ1n) is 6.13. The first kappa shape index (κ1) is 13.9. The van der Waals surface area contributed by atoms with E-state index in [4.69, 9.17) is 9.84 Å². The van der Waals surface area contributed by atoms with Gasteiger partial charge in [-0.05, 0) is 25.7 Å². The molecule has 1 heterocycles. The molecule has 3 atom stereocenters. The lowest BCUT2D eigenvalue weighted by atomic mass is 9.95. The monoisotopic (exact) mass is 231 g/mol. The molecule has 3 unspecified atom stereocenters. The molecule has 0 aromatic rings. The van der Waals surface area contributed by atoms with Crippen LogP contribution in [-0.4, -0.2) is 47.7 Å². The van der Waals surface area contributed by atoms with Gasteiger partial charge in [-0.2, -0.15) is 0 Å². The lowest BCUT2D eigenvalue weighted by Crippen LogP contribution is -2.48. The van der Waals surface area contributed by atoms with E-state index in [-0.39, 0.29) is 6.61 Å². The molecule has 0 aliphatic carbocycles. The molecule has 0 aromatic carbocycles. The summed E-state index contributed by atoms with van der Waals surface area (Å²) in [4.78, 5) is 0. The fourth-order valence-electron chi connectivity index (χ4n) is 1.90. The molecule has 0 bridgehead atoms. The molecule has 1 rings (SSSR count). The molecule has 0 saturated carbocycles. The normalized spacial score (nSPS) is 30.4. The Balaban J connectivity index is 2.32. The third kappa shape index (κ3) is 4.37. The molecule has 1 aliphatic heterocycles. The second-order valence-electron chi connectivity index (χ2n) is 5.41. The van der Waals surface area contributed by atoms with E-state index in [0.717, 1.165) is 19.4 Å². The van der Waals surface area contributed by atoms with Gasteiger partial charge in [0.1, 0.15) is 0 Å². The van der Waals surface area contributed by atoms with Crippen LogP contribution in [0.15, 0.2) is 0 Å². The second kappa shape index (κ2) is 5.96. The van der Waals surface area contributed by atoms with Gasteiger partial charge in [0.25, 0.3) is 0 Å². The molecule has 3 N–H and O–H groups in total. The van der Waals surface area contributed by atoms with Crippen molar-refractivity contribution in [3.63, 3.8) is 0 Å². The summed E-state index contributed by atoms with van der Waals surface area (Å²) in [5.41, 5.74) is -1.02. The highest BCUT2D eigenvalue weighted by atomic mass is 16.5. The van der Waals surface area contributed by atoms with Crippen LogP contribution in [0.2, 0.25) is 0 Å². The summed E-state index contributed by atoms with van der Waals surface area (Å²) in [6, 6.07) is 0.388. The highest BCUT2D eigenvalue weighted by Crippen LogP contribution is 2.20. The molecule has 1 fully saturated rings. The van der Waals surface area contributed by atoms with E-state index >= 15 is 0 Å². The van der Waals surface area contributed by atoms with Crippen LogP contribution in [0.25, 0.3) is 0 Å². The molecule has 96 valence electrons. The summed E-state index contributed by atoms with van der Waals surface area (Å²) >= 11 is 0. The number of aliphatic hydroxyl groups excluding tert-OH is 1. The van der Waals surface area contributed by atoms with Crippen LogP contribution in [0.5, 0.6) is 0 Å². The fraction of sp³-hybridized carbons (Fsp3) is 1.00. The minimum Gasteiger partial charge on any atom is -0.393 e. The van der Waals surface area contributed by atoms with Crippen LogP contribution in [0.3, 0.4) is 0 Å². The van der Waals surface area contributed by atoms with Crippen molar-refractivity contribution in [1.82, 2.24) is 5.32 Å². The third-order valence-corrected chi connectivity index (χ3v) is 3.17. The number of hydrogen-bond acceptors (Lipinski definition) is 4. The number of hydrogen-bond donors (Lipinski definition) is 3. The van der Waals surface area contributed by atoms with Crippen molar-refractivity contribution in [1.29, 1.82) is 0 Å². The lowest BCUT2D eigenvalue weighted by molar-refractivity contribution is -0.0347. The maximum absolute atomic E-state index is 9.69. The van der Waals surface area contributed by atoms with E-state index in [1.165, 1.54) is 0 Å². The SMILES string of the molecule is CC(C)C1CC(NCC(C)(O)CO)CCO1. The quantitative estimate of drug-likeness (QED) is 0.645. The molecule has 0 spiro atoms. The van der Waals surface area contributed by atoms with Gasteiger partial charge < -0.3 is 20.3 Å². The highest BCUT2D eigenvalue weighted by molar-refractivity contribution is 4.82. The Hall–Kier alpha value is -0.160. The van der Waals surface area contributed by atoms with Crippen molar-refractivity contribution in [2.75, 3.05) is 19.8 Å². The zero-order valence-corrected chi connectivity index (χ0v) is 10.6. The second-order valence-corrected chi connectivity index (χ2v) is 5.41. The average Bonchev–Trinajstić information content (AvgIpc) is 2.27. The maximum Gasteiger partial charge on any atom is 0.0972 e. The van der Waals surface area contributed by atoms with Gasteiger partial charge in [0.15, 0.2) is 0 Å². The summed E-state index contributed by atoms with van der Waals surface area (Å²) in [6.45, 7) is 6.96. The van der Waals surface area contributed by atoms with E-state index in [0.29, 0.717) is 24.6 Å². The first-order valence-corrected chi connectivity index (χ1v) is 6.13. The van der Waals surface area contributed by atoms with Crippen molar-refractivity contribution in [3.05, 3.63) is 0 Å². The Morgan fingerprint density at radius 1 is 1.50 bits per heavy atom. The van der Waals surface area contributed by atoms with Gasteiger partial charge in [-0.15, -0.1) is 0 Å². The van der Waals surface area contributed by atoms with Gasteiger partial charge in [0.05, 0.1) is 18.3 Å². The Morgan fingerprint density at radius 3 is 2.75 bits per heavy atom. The molecule has 0 radical (unpaired) electrons. The van der Waals surface area contributed by atoms with Crippen molar-refractivity contribution in [2.45, 2.75) is 51.4 Å². The highest BCUT2D eigenvalue weighted by Gasteiger charge is 2.27. The zero-order chi connectivity index (χ0) is 12.2. The Kier molecular flexibility index (Phi) is 5.18. The van der Waals surface area contributed by atoms with Crippen LogP contribution in [0.1, 0.15) is 33.6 Å². The predicted molar refractivity (Wildman–Crippen MR) is 63.3 cm³/mol. The van der Waals surface area contributed by atoms with E-state index in [1.54, 1.807) is 6.92 Å². The van der Waals surface area contributed by atoms with Gasteiger partial charge in [-0.3, -0.25) is 0 Å². The summed E-state index contributed by atoms with van der Waals surface area (Å²) in [5.74, 6) is 0.531. The van der Waals surface area contributed by atoms with Crippen molar-refractivity contribution in [3.8, 4) is 0 Å². The molecule has 4 nitrogen and oxygen atoms in total. The Morgan fingerprint density at radius 2 is 2.19 bits per heavy atom. The Bertz CT molecular complexity index is 206. The molecular formula is C12H25NO3. The van der Waals surface area contributed by atoms with Crippen molar-refractivity contribution < 1.29 is 14.9 Å². The van der Waals surface area contributed by atoms with Crippen LogP contribution < -0.4 is 5.32 Å². The van der Waals surface area contributed by atoms with Gasteiger partial charge in [0.2, 0.25) is 0 Å². The summed E-state index contributed by atoms with van der Waals surface area (Å²) in [5, 5.41) is 21.9. The van der Waals surface area contributed by atoms with Crippen LogP contribution in [-0.2, 0) is 4.74 Å². The zero-order valence-electron chi connectivity index (χ0n) is 10.6. The van der Waals surface area contributed by atoms with Crippen molar-refractivity contribution in [2.24, 2.45) is 5.92 Å². The molecule has 0 amide bonds. The molecular weight excluding hydrogens is 206 g/mol. The van der Waals surface area contributed by atoms with Gasteiger partial charge in [-0.1, -0.05) is 13.8 Å². The minimum absolute atomic E-state index is 0.211. The summed E-state index contributed by atoms with van der Waals surface area (Å²) in [7, 11) is 0. The Labute approximate surface area is 98.0 Å². The summed E-state index contributed by atoms with van der Waals surface area (Å²) in [6.07, 6.45) is 2.27. The lowest BCUT2D eigenvalue weighted by Gasteiger charge is -2.34. The minimum atomic E-state index is -1.02. The van der Waals surface area contributed by atoms with Gasteiger partial charge in [-0.25, -0.2) is 0 Å². The molecule has 1 aliphatic rings. The molecule has 4 heteroatoms. The van der Waals surface area contributed by atoms with E-state index in [1.807, 2.05) is 0 Å². The van der Waals surface area contributed by atoms with Crippen LogP contribution in [0, 0.1) is 5.92 Å². The van der Waals surface area contributed by atoms with Crippen LogP contribution >= 0.6 is 0 Å². The first-order chi connectivity index (χ1) is 7.44. The number of rotatable bonds is 5. The molecule has 1 saturated heterocycles. The van der Waals surface area contributed by atoms with Gasteiger partial charge in [0, 0.05) is 19.2 Å². The van der Waals surface area contributed by atoms with Crippen molar-refractivity contribution >= 4 is 0 Å². The van der Waals surface area contributed by atoms with E-state index in [9.17, 15) is 5.11 Å². The van der Waals surface area contributed by atoms with Crippen LogP contribution in [0.4, 0.5) is 0 Å². The average molecular weight is 231 g/mol. The number of nitrogens with one attached hydrogen (secondary N) is 1.